The van der Waals surface area contributed by atoms with E-state index in [0.29, 0.717) is 6.54 Å². The highest BCUT2D eigenvalue weighted by Gasteiger charge is 2.40. The van der Waals surface area contributed by atoms with Crippen LogP contribution < -0.4 is 5.32 Å². The van der Waals surface area contributed by atoms with Crippen molar-refractivity contribution in [3.63, 3.8) is 0 Å². The number of piperazine rings is 1. The lowest BCUT2D eigenvalue weighted by atomic mass is 9.96. The van der Waals surface area contributed by atoms with Crippen molar-refractivity contribution in [2.45, 2.75) is 45.7 Å². The van der Waals surface area contributed by atoms with Crippen LogP contribution in [0.3, 0.4) is 0 Å². The zero-order chi connectivity index (χ0) is 19.6. The number of aromatic nitrogens is 2. The molecule has 154 valence electrons. The van der Waals surface area contributed by atoms with Gasteiger partial charge >= 0.3 is 0 Å². The van der Waals surface area contributed by atoms with Gasteiger partial charge in [0.05, 0.1) is 17.8 Å². The molecular formula is C20H31IN6O. The number of pyridine rings is 1. The molecule has 3 heterocycles. The fourth-order valence-electron chi connectivity index (χ4n) is 4.06. The van der Waals surface area contributed by atoms with E-state index in [-0.39, 0.29) is 41.5 Å². The fourth-order valence-corrected chi connectivity index (χ4v) is 4.06. The van der Waals surface area contributed by atoms with Gasteiger partial charge in [0.1, 0.15) is 5.65 Å². The minimum absolute atomic E-state index is 0. The fraction of sp³-hybridized carbons (Fsp3) is 0.550. The van der Waals surface area contributed by atoms with Crippen LogP contribution in [-0.4, -0.2) is 69.3 Å². The smallest absolute Gasteiger partial charge is 0.242 e. The monoisotopic (exact) mass is 498 g/mol. The molecule has 0 atom stereocenters. The van der Waals surface area contributed by atoms with E-state index in [4.69, 9.17) is 0 Å². The van der Waals surface area contributed by atoms with E-state index in [1.54, 1.807) is 7.05 Å². The molecule has 0 spiro atoms. The molecule has 1 saturated heterocycles. The quantitative estimate of drug-likeness (QED) is 0.400. The Kier molecular flexibility index (Phi) is 7.30. The Morgan fingerprint density at radius 3 is 2.71 bits per heavy atom. The van der Waals surface area contributed by atoms with Crippen molar-refractivity contribution in [2.24, 2.45) is 4.99 Å². The Bertz CT molecular complexity index is 811. The van der Waals surface area contributed by atoms with Crippen molar-refractivity contribution in [2.75, 3.05) is 26.7 Å². The van der Waals surface area contributed by atoms with Crippen molar-refractivity contribution in [3.8, 4) is 0 Å². The van der Waals surface area contributed by atoms with Crippen LogP contribution in [0, 0.1) is 0 Å². The molecule has 1 fully saturated rings. The molecule has 1 aliphatic heterocycles. The van der Waals surface area contributed by atoms with Crippen LogP contribution in [-0.2, 0) is 11.2 Å². The summed E-state index contributed by atoms with van der Waals surface area (Å²) in [6, 6.07) is 6.17. The molecule has 0 radical (unpaired) electrons. The molecule has 8 heteroatoms. The summed E-state index contributed by atoms with van der Waals surface area (Å²) in [7, 11) is 1.76. The highest BCUT2D eigenvalue weighted by molar-refractivity contribution is 14.0. The zero-order valence-electron chi connectivity index (χ0n) is 17.3. The van der Waals surface area contributed by atoms with Gasteiger partial charge in [-0.1, -0.05) is 6.07 Å². The number of aliphatic imine (C=N–C) groups is 1. The molecule has 1 N–H and O–H groups in total. The van der Waals surface area contributed by atoms with E-state index < -0.39 is 0 Å². The molecule has 0 unspecified atom stereocenters. The molecule has 3 rings (SSSR count). The second-order valence-electron chi connectivity index (χ2n) is 7.95. The van der Waals surface area contributed by atoms with Gasteiger partial charge in [-0.25, -0.2) is 4.98 Å². The maximum atomic E-state index is 12.7. The van der Waals surface area contributed by atoms with Crippen LogP contribution in [0.25, 0.3) is 5.65 Å². The third-order valence-corrected chi connectivity index (χ3v) is 4.93. The number of carbonyl (C=O) groups is 1. The number of guanidine groups is 1. The second kappa shape index (κ2) is 9.11. The van der Waals surface area contributed by atoms with Gasteiger partial charge in [0.15, 0.2) is 5.96 Å². The molecule has 1 amide bonds. The number of imidazole rings is 1. The van der Waals surface area contributed by atoms with E-state index in [1.807, 2.05) is 44.8 Å². The van der Waals surface area contributed by atoms with Gasteiger partial charge < -0.3 is 19.5 Å². The summed E-state index contributed by atoms with van der Waals surface area (Å²) in [4.78, 5) is 25.7. The number of rotatable bonds is 4. The molecule has 7 nitrogen and oxygen atoms in total. The van der Waals surface area contributed by atoms with E-state index in [9.17, 15) is 4.79 Å². The third-order valence-electron chi connectivity index (χ3n) is 4.93. The number of nitrogens with zero attached hydrogens (tertiary/aromatic N) is 5. The minimum atomic E-state index is -0.233. The average Bonchev–Trinajstić information content (AvgIpc) is 2.99. The lowest BCUT2D eigenvalue weighted by Gasteiger charge is -2.49. The van der Waals surface area contributed by atoms with Crippen LogP contribution in [0.2, 0.25) is 0 Å². The lowest BCUT2D eigenvalue weighted by Crippen LogP contribution is -2.66. The van der Waals surface area contributed by atoms with Gasteiger partial charge in [0.2, 0.25) is 5.91 Å². The Morgan fingerprint density at radius 1 is 1.36 bits per heavy atom. The first kappa shape index (κ1) is 22.4. The van der Waals surface area contributed by atoms with Crippen molar-refractivity contribution in [1.29, 1.82) is 0 Å². The van der Waals surface area contributed by atoms with Gasteiger partial charge in [0.25, 0.3) is 0 Å². The van der Waals surface area contributed by atoms with E-state index >= 15 is 0 Å². The molecule has 2 aromatic rings. The van der Waals surface area contributed by atoms with Crippen molar-refractivity contribution < 1.29 is 4.79 Å². The molecule has 0 aromatic carbocycles. The molecule has 1 aliphatic rings. The highest BCUT2D eigenvalue weighted by atomic mass is 127. The van der Waals surface area contributed by atoms with Gasteiger partial charge in [-0.15, -0.1) is 24.0 Å². The van der Waals surface area contributed by atoms with Crippen LogP contribution in [0.4, 0.5) is 0 Å². The van der Waals surface area contributed by atoms with E-state index in [2.05, 4.69) is 43.0 Å². The van der Waals surface area contributed by atoms with Gasteiger partial charge in [-0.3, -0.25) is 9.79 Å². The average molecular weight is 498 g/mol. The summed E-state index contributed by atoms with van der Waals surface area (Å²) in [5.41, 5.74) is 1.75. The Morgan fingerprint density at radius 2 is 2.11 bits per heavy atom. The Labute approximate surface area is 184 Å². The molecule has 2 aromatic heterocycles. The number of amides is 1. The largest absolute Gasteiger partial charge is 0.356 e. The Hall–Kier alpha value is -1.84. The number of carbonyl (C=O) groups excluding carboxylic acids is 1. The normalized spacial score (nSPS) is 17.2. The summed E-state index contributed by atoms with van der Waals surface area (Å²) < 4.78 is 2.02. The van der Waals surface area contributed by atoms with Gasteiger partial charge in [-0.2, -0.15) is 0 Å². The molecular weight excluding hydrogens is 467 g/mol. The van der Waals surface area contributed by atoms with Crippen LogP contribution in [0.15, 0.2) is 35.6 Å². The van der Waals surface area contributed by atoms with Crippen LogP contribution in [0.5, 0.6) is 0 Å². The number of fused-ring (bicyclic) bond motifs is 1. The van der Waals surface area contributed by atoms with Crippen LogP contribution >= 0.6 is 24.0 Å². The summed E-state index contributed by atoms with van der Waals surface area (Å²) in [6.07, 6.45) is 4.85. The first-order valence-electron chi connectivity index (χ1n) is 9.52. The topological polar surface area (TPSA) is 65.2 Å². The number of hydrogen-bond acceptors (Lipinski definition) is 3. The number of hydrogen-bond donors (Lipinski definition) is 1. The van der Waals surface area contributed by atoms with Crippen molar-refractivity contribution >= 4 is 41.5 Å². The lowest BCUT2D eigenvalue weighted by molar-refractivity contribution is -0.145. The third kappa shape index (κ3) is 4.76. The zero-order valence-corrected chi connectivity index (χ0v) is 19.7. The van der Waals surface area contributed by atoms with E-state index in [0.717, 1.165) is 36.8 Å². The molecule has 0 saturated carbocycles. The van der Waals surface area contributed by atoms with Crippen molar-refractivity contribution in [3.05, 3.63) is 36.3 Å². The van der Waals surface area contributed by atoms with Crippen molar-refractivity contribution in [1.82, 2.24) is 24.5 Å². The van der Waals surface area contributed by atoms with E-state index in [1.165, 1.54) is 0 Å². The summed E-state index contributed by atoms with van der Waals surface area (Å²) in [5, 5.41) is 3.39. The number of nitrogens with one attached hydrogen (secondary N) is 1. The predicted octanol–water partition coefficient (Wildman–Crippen LogP) is 2.40. The van der Waals surface area contributed by atoms with Gasteiger partial charge in [0, 0.05) is 45.0 Å². The second-order valence-corrected chi connectivity index (χ2v) is 7.95. The summed E-state index contributed by atoms with van der Waals surface area (Å²) >= 11 is 0. The molecule has 0 aliphatic carbocycles. The molecule has 28 heavy (non-hydrogen) atoms. The molecule has 0 bridgehead atoms. The maximum absolute atomic E-state index is 12.7. The maximum Gasteiger partial charge on any atom is 0.242 e. The Balaban J connectivity index is 0.00000280. The minimum Gasteiger partial charge on any atom is -0.356 e. The van der Waals surface area contributed by atoms with Gasteiger partial charge in [-0.05, 0) is 39.8 Å². The standard InChI is InChI=1S/C20H30N6O.HI/c1-15(2)26-18(27)13-25(14-20(26,3)4)19(21-5)22-10-9-16-12-24-11-7-6-8-17(24)23-16;/h6-8,11-12,15H,9-10,13-14H2,1-5H3,(H,21,22);1H. The predicted molar refractivity (Wildman–Crippen MR) is 123 cm³/mol. The first-order chi connectivity index (χ1) is 12.8. The van der Waals surface area contributed by atoms with Crippen LogP contribution in [0.1, 0.15) is 33.4 Å². The first-order valence-corrected chi connectivity index (χ1v) is 9.52. The summed E-state index contributed by atoms with van der Waals surface area (Å²) in [5.74, 6) is 0.910. The SMILES string of the molecule is CN=C(NCCc1cn2ccccc2n1)N1CC(=O)N(C(C)C)C(C)(C)C1.I. The number of halogens is 1. The summed E-state index contributed by atoms with van der Waals surface area (Å²) in [6.45, 7) is 10.2. The highest BCUT2D eigenvalue weighted by Crippen LogP contribution is 2.24.